The van der Waals surface area contributed by atoms with Crippen molar-refractivity contribution >= 4 is 22.6 Å². The molecule has 0 aliphatic rings. The molecule has 0 saturated heterocycles. The Balaban J connectivity index is 0.000000319. The van der Waals surface area contributed by atoms with Gasteiger partial charge in [0, 0.05) is 54.0 Å². The summed E-state index contributed by atoms with van der Waals surface area (Å²) < 4.78 is 44.0. The van der Waals surface area contributed by atoms with E-state index in [0.717, 1.165) is 11.6 Å². The molecule has 0 amide bonds. The van der Waals surface area contributed by atoms with E-state index >= 15 is 0 Å². The van der Waals surface area contributed by atoms with Crippen LogP contribution >= 0.6 is 0 Å². The van der Waals surface area contributed by atoms with Crippen molar-refractivity contribution in [2.75, 3.05) is 0 Å². The molecule has 2 aromatic carbocycles. The molecule has 3 heterocycles. The van der Waals surface area contributed by atoms with Crippen molar-refractivity contribution in [2.24, 2.45) is 0 Å². The first-order chi connectivity index (χ1) is 17.8. The number of fused-ring (bicyclic) bond motifs is 1. The summed E-state index contributed by atoms with van der Waals surface area (Å²) in [5.41, 5.74) is 1.03. The van der Waals surface area contributed by atoms with Crippen LogP contribution in [-0.4, -0.2) is 9.97 Å². The van der Waals surface area contributed by atoms with E-state index in [9.17, 15) is 0 Å². The van der Waals surface area contributed by atoms with Crippen molar-refractivity contribution in [3.05, 3.63) is 145 Å². The van der Waals surface area contributed by atoms with Crippen LogP contribution < -0.4 is 0 Å². The number of hydrogen-bond acceptors (Lipinski definition) is 3. The Morgan fingerprint density at radius 3 is 2.33 bits per heavy atom. The zero-order chi connectivity index (χ0) is 26.8. The van der Waals surface area contributed by atoms with Gasteiger partial charge in [0.1, 0.15) is 5.58 Å². The molecule has 0 aliphatic carbocycles. The standard InChI is InChI=1S/C18H14NO.C6H5.C5H5N.Ir/c1-4-14-15-7-5-6-8-17(15)20-18(14)13(3)16-10-9-12(2)11-19-16;2*1-2-4-6-5-3-1;/h3-11H,1H2,2H3;2*1-5H;/q2*-1;;/i2D3,9D,10D;;;. The SMILES string of the molecule is [2H]c1c(C([2H])([2H])[2H])cnc(C(=[CH-])c2oc3ccccc3c2C=C)c1[2H].[Ir].[c-]1ccccc1.c1ccncc1. The van der Waals surface area contributed by atoms with Crippen LogP contribution in [0.2, 0.25) is 0 Å². The third kappa shape index (κ3) is 7.50. The monoisotopic (exact) mass is 614 g/mol. The van der Waals surface area contributed by atoms with Crippen molar-refractivity contribution in [1.29, 1.82) is 0 Å². The van der Waals surface area contributed by atoms with Gasteiger partial charge in [-0.1, -0.05) is 49.0 Å². The fourth-order valence-electron chi connectivity index (χ4n) is 2.69. The Morgan fingerprint density at radius 1 is 1.06 bits per heavy atom. The molecule has 3 nitrogen and oxygen atoms in total. The maximum Gasteiger partial charge on any atom is 0.117 e. The van der Waals surface area contributed by atoms with Crippen LogP contribution in [-0.2, 0) is 20.1 Å². The van der Waals surface area contributed by atoms with Gasteiger partial charge < -0.3 is 9.40 Å². The van der Waals surface area contributed by atoms with Crippen LogP contribution in [0.1, 0.15) is 29.4 Å². The number of benzene rings is 2. The molecule has 4 heteroatoms. The predicted molar refractivity (Wildman–Crippen MR) is 132 cm³/mol. The molecule has 0 atom stereocenters. The van der Waals surface area contributed by atoms with Gasteiger partial charge in [0.15, 0.2) is 0 Å². The Kier molecular flexibility index (Phi) is 7.88. The molecule has 3 aromatic heterocycles. The summed E-state index contributed by atoms with van der Waals surface area (Å²) in [6.07, 6.45) is 6.15. The molecule has 5 rings (SSSR count). The Bertz CT molecular complexity index is 1380. The van der Waals surface area contributed by atoms with Gasteiger partial charge in [-0.25, -0.2) is 6.58 Å². The van der Waals surface area contributed by atoms with Crippen LogP contribution in [0.25, 0.3) is 22.6 Å². The topological polar surface area (TPSA) is 38.9 Å². The summed E-state index contributed by atoms with van der Waals surface area (Å²) in [4.78, 5) is 7.79. The number of aryl methyl sites for hydroxylation is 1. The average molecular weight is 614 g/mol. The van der Waals surface area contributed by atoms with Crippen molar-refractivity contribution in [3.63, 3.8) is 0 Å². The third-order valence-corrected chi connectivity index (χ3v) is 4.15. The van der Waals surface area contributed by atoms with Crippen LogP contribution in [0, 0.1) is 19.5 Å². The molecule has 0 saturated carbocycles. The molecule has 0 fully saturated rings. The van der Waals surface area contributed by atoms with E-state index in [0.29, 0.717) is 16.9 Å². The van der Waals surface area contributed by atoms with E-state index in [-0.39, 0.29) is 43.0 Å². The largest absolute Gasteiger partial charge is 0.515 e. The predicted octanol–water partition coefficient (Wildman–Crippen LogP) is 7.21. The molecule has 33 heavy (non-hydrogen) atoms. The number of rotatable bonds is 3. The fraction of sp³-hybridized carbons (Fsp3) is 0.0345. The second-order valence-corrected chi connectivity index (χ2v) is 6.33. The van der Waals surface area contributed by atoms with Gasteiger partial charge >= 0.3 is 0 Å². The molecular weight excluding hydrogens is 585 g/mol. The molecule has 0 N–H and O–H groups in total. The molecule has 5 aromatic rings. The van der Waals surface area contributed by atoms with Gasteiger partial charge in [0.2, 0.25) is 0 Å². The number of furan rings is 1. The molecule has 0 spiro atoms. The molecule has 0 bridgehead atoms. The summed E-state index contributed by atoms with van der Waals surface area (Å²) >= 11 is 0. The minimum absolute atomic E-state index is 0. The van der Waals surface area contributed by atoms with Gasteiger partial charge in [0.05, 0.1) is 2.74 Å². The second-order valence-electron chi connectivity index (χ2n) is 6.33. The van der Waals surface area contributed by atoms with Crippen LogP contribution in [0.3, 0.4) is 0 Å². The summed E-state index contributed by atoms with van der Waals surface area (Å²) in [7, 11) is 0. The van der Waals surface area contributed by atoms with E-state index in [1.165, 1.54) is 0 Å². The van der Waals surface area contributed by atoms with Crippen LogP contribution in [0.5, 0.6) is 0 Å². The van der Waals surface area contributed by atoms with Crippen molar-refractivity contribution in [3.8, 4) is 0 Å². The van der Waals surface area contributed by atoms with E-state index in [4.69, 9.17) is 17.8 Å². The van der Waals surface area contributed by atoms with Gasteiger partial charge in [0.25, 0.3) is 0 Å². The Hall–Kier alpha value is -3.59. The summed E-state index contributed by atoms with van der Waals surface area (Å²) in [6.45, 7) is 7.41. The van der Waals surface area contributed by atoms with Gasteiger partial charge in [-0.15, -0.1) is 5.57 Å². The van der Waals surface area contributed by atoms with Gasteiger partial charge in [-0.05, 0) is 41.9 Å². The Labute approximate surface area is 215 Å². The normalized spacial score (nSPS) is 11.9. The number of para-hydroxylation sites is 1. The quantitative estimate of drug-likeness (QED) is 0.202. The third-order valence-electron chi connectivity index (χ3n) is 4.15. The van der Waals surface area contributed by atoms with E-state index in [2.05, 4.69) is 22.6 Å². The van der Waals surface area contributed by atoms with Gasteiger partial charge in [-0.3, -0.25) is 4.98 Å². The minimum atomic E-state index is -2.52. The van der Waals surface area contributed by atoms with Crippen molar-refractivity contribution in [1.82, 2.24) is 9.97 Å². The molecule has 0 unspecified atom stereocenters. The number of nitrogens with zero attached hydrogens (tertiary/aromatic N) is 2. The first-order valence-electron chi connectivity index (χ1n) is 12.3. The Morgan fingerprint density at radius 2 is 1.79 bits per heavy atom. The van der Waals surface area contributed by atoms with Crippen molar-refractivity contribution < 1.29 is 31.4 Å². The first-order valence-corrected chi connectivity index (χ1v) is 9.75. The van der Waals surface area contributed by atoms with E-state index < -0.39 is 12.9 Å². The first kappa shape index (κ1) is 18.9. The fourth-order valence-corrected chi connectivity index (χ4v) is 2.69. The zero-order valence-electron chi connectivity index (χ0n) is 22.7. The minimum Gasteiger partial charge on any atom is -0.515 e. The molecule has 167 valence electrons. The smallest absolute Gasteiger partial charge is 0.117 e. The maximum absolute atomic E-state index is 8.09. The van der Waals surface area contributed by atoms with E-state index in [1.54, 1.807) is 24.5 Å². The molecular formula is C29H24IrN2O-2. The van der Waals surface area contributed by atoms with Gasteiger partial charge in [-0.2, -0.15) is 36.4 Å². The number of hydrogen-bond donors (Lipinski definition) is 0. The molecule has 1 radical (unpaired) electrons. The summed E-state index contributed by atoms with van der Waals surface area (Å²) in [5.74, 6) is 0.290. The van der Waals surface area contributed by atoms with Crippen molar-refractivity contribution in [2.45, 2.75) is 6.85 Å². The number of aromatic nitrogens is 2. The summed E-state index contributed by atoms with van der Waals surface area (Å²) in [5, 5.41) is 0.812. The second kappa shape index (κ2) is 13.7. The molecule has 0 aliphatic heterocycles. The average Bonchev–Trinajstić information content (AvgIpc) is 3.30. The maximum atomic E-state index is 8.09. The van der Waals surface area contributed by atoms with Crippen LogP contribution in [0.4, 0.5) is 0 Å². The summed E-state index contributed by atoms with van der Waals surface area (Å²) in [6, 6.07) is 24.7. The number of pyridine rings is 2. The van der Waals surface area contributed by atoms with E-state index in [1.807, 2.05) is 66.7 Å². The van der Waals surface area contributed by atoms with Crippen LogP contribution in [0.15, 0.2) is 114 Å². The zero-order valence-corrected chi connectivity index (χ0v) is 20.1.